The highest BCUT2D eigenvalue weighted by molar-refractivity contribution is 6.21. The zero-order valence-electron chi connectivity index (χ0n) is 15.5. The van der Waals surface area contributed by atoms with Crippen LogP contribution in [0.25, 0.3) is 0 Å². The Morgan fingerprint density at radius 1 is 1.04 bits per heavy atom. The SMILES string of the molecule is CCn1nccc1CNC(=O)CCCCCN1C(=O)c2ccccc2C1=O. The molecule has 1 aliphatic heterocycles. The Bertz CT molecular complexity index is 808. The fourth-order valence-corrected chi connectivity index (χ4v) is 3.25. The van der Waals surface area contributed by atoms with Crippen molar-refractivity contribution in [3.8, 4) is 0 Å². The largest absolute Gasteiger partial charge is 0.350 e. The minimum atomic E-state index is -0.221. The summed E-state index contributed by atoms with van der Waals surface area (Å²) in [5.74, 6) is -0.443. The summed E-state index contributed by atoms with van der Waals surface area (Å²) < 4.78 is 1.85. The van der Waals surface area contributed by atoms with E-state index in [1.165, 1.54) is 4.90 Å². The number of unbranched alkanes of at least 4 members (excludes halogenated alkanes) is 2. The van der Waals surface area contributed by atoms with Crippen molar-refractivity contribution in [3.05, 3.63) is 53.3 Å². The number of benzene rings is 1. The van der Waals surface area contributed by atoms with E-state index in [1.54, 1.807) is 30.5 Å². The van der Waals surface area contributed by atoms with Crippen LogP contribution in [0.5, 0.6) is 0 Å². The van der Waals surface area contributed by atoms with E-state index < -0.39 is 0 Å². The zero-order chi connectivity index (χ0) is 19.2. The van der Waals surface area contributed by atoms with Gasteiger partial charge in [-0.05, 0) is 38.0 Å². The molecule has 0 saturated heterocycles. The minimum Gasteiger partial charge on any atom is -0.350 e. The second-order valence-corrected chi connectivity index (χ2v) is 6.53. The van der Waals surface area contributed by atoms with E-state index in [-0.39, 0.29) is 17.7 Å². The van der Waals surface area contributed by atoms with E-state index in [4.69, 9.17) is 0 Å². The number of rotatable bonds is 9. The molecular weight excluding hydrogens is 344 g/mol. The number of aryl methyl sites for hydroxylation is 1. The van der Waals surface area contributed by atoms with Crippen LogP contribution in [0.1, 0.15) is 59.0 Å². The number of carbonyl (C=O) groups excluding carboxylic acids is 3. The standard InChI is InChI=1S/C20H24N4O3/c1-2-24-15(11-12-22-24)14-21-18(25)10-4-3-7-13-23-19(26)16-8-5-6-9-17(16)20(23)27/h5-6,8-9,11-12H,2-4,7,10,13-14H2,1H3,(H,21,25). The van der Waals surface area contributed by atoms with E-state index >= 15 is 0 Å². The lowest BCUT2D eigenvalue weighted by Crippen LogP contribution is -2.30. The topological polar surface area (TPSA) is 84.3 Å². The van der Waals surface area contributed by atoms with Gasteiger partial charge in [0.1, 0.15) is 0 Å². The molecule has 0 fully saturated rings. The van der Waals surface area contributed by atoms with Crippen molar-refractivity contribution in [2.45, 2.75) is 45.7 Å². The summed E-state index contributed by atoms with van der Waals surface area (Å²) >= 11 is 0. The van der Waals surface area contributed by atoms with Crippen molar-refractivity contribution in [3.63, 3.8) is 0 Å². The number of imide groups is 1. The summed E-state index contributed by atoms with van der Waals surface area (Å²) in [4.78, 5) is 37.8. The Kier molecular flexibility index (Phi) is 6.01. The molecule has 7 heteroatoms. The highest BCUT2D eigenvalue weighted by atomic mass is 16.2. The molecule has 1 aliphatic rings. The van der Waals surface area contributed by atoms with Gasteiger partial charge in [0.2, 0.25) is 5.91 Å². The molecule has 7 nitrogen and oxygen atoms in total. The molecule has 1 N–H and O–H groups in total. The lowest BCUT2D eigenvalue weighted by Gasteiger charge is -2.13. The molecule has 0 unspecified atom stereocenters. The van der Waals surface area contributed by atoms with E-state index in [0.29, 0.717) is 37.1 Å². The molecule has 0 saturated carbocycles. The monoisotopic (exact) mass is 368 g/mol. The normalized spacial score (nSPS) is 13.1. The third kappa shape index (κ3) is 4.24. The van der Waals surface area contributed by atoms with E-state index in [9.17, 15) is 14.4 Å². The molecule has 3 rings (SSSR count). The lowest BCUT2D eigenvalue weighted by atomic mass is 10.1. The minimum absolute atomic E-state index is 0.000386. The maximum Gasteiger partial charge on any atom is 0.261 e. The van der Waals surface area contributed by atoms with Crippen molar-refractivity contribution in [2.75, 3.05) is 6.54 Å². The van der Waals surface area contributed by atoms with Crippen molar-refractivity contribution in [1.82, 2.24) is 20.0 Å². The molecule has 1 aromatic heterocycles. The van der Waals surface area contributed by atoms with Gasteiger partial charge in [-0.25, -0.2) is 0 Å². The lowest BCUT2D eigenvalue weighted by molar-refractivity contribution is -0.121. The van der Waals surface area contributed by atoms with Crippen LogP contribution in [-0.4, -0.2) is 38.9 Å². The molecule has 0 spiro atoms. The van der Waals surface area contributed by atoms with Crippen molar-refractivity contribution in [1.29, 1.82) is 0 Å². The Morgan fingerprint density at radius 2 is 1.74 bits per heavy atom. The number of hydrogen-bond donors (Lipinski definition) is 1. The number of nitrogens with one attached hydrogen (secondary N) is 1. The van der Waals surface area contributed by atoms with E-state index in [2.05, 4.69) is 10.4 Å². The highest BCUT2D eigenvalue weighted by Gasteiger charge is 2.34. The predicted octanol–water partition coefficient (Wildman–Crippen LogP) is 2.38. The summed E-state index contributed by atoms with van der Waals surface area (Å²) in [7, 11) is 0. The summed E-state index contributed by atoms with van der Waals surface area (Å²) in [5.41, 5.74) is 1.94. The van der Waals surface area contributed by atoms with E-state index in [1.807, 2.05) is 17.7 Å². The molecule has 0 radical (unpaired) electrons. The molecule has 2 aromatic rings. The van der Waals surface area contributed by atoms with Gasteiger partial charge >= 0.3 is 0 Å². The van der Waals surface area contributed by atoms with Gasteiger partial charge in [0.25, 0.3) is 11.8 Å². The third-order valence-corrected chi connectivity index (χ3v) is 4.73. The average Bonchev–Trinajstić information content (AvgIpc) is 3.24. The molecule has 0 aliphatic carbocycles. The van der Waals surface area contributed by atoms with Gasteiger partial charge in [-0.1, -0.05) is 18.6 Å². The van der Waals surface area contributed by atoms with Crippen molar-refractivity contribution in [2.24, 2.45) is 0 Å². The van der Waals surface area contributed by atoms with Gasteiger partial charge in [-0.2, -0.15) is 5.10 Å². The first kappa shape index (κ1) is 18.8. The van der Waals surface area contributed by atoms with Gasteiger partial charge in [-0.3, -0.25) is 24.0 Å². The zero-order valence-corrected chi connectivity index (χ0v) is 15.5. The Hall–Kier alpha value is -2.96. The van der Waals surface area contributed by atoms with Crippen molar-refractivity contribution >= 4 is 17.7 Å². The second-order valence-electron chi connectivity index (χ2n) is 6.53. The van der Waals surface area contributed by atoms with Gasteiger partial charge in [0.05, 0.1) is 23.4 Å². The maximum absolute atomic E-state index is 12.3. The summed E-state index contributed by atoms with van der Waals surface area (Å²) in [6.07, 6.45) is 4.36. The molecular formula is C20H24N4O3. The van der Waals surface area contributed by atoms with Crippen LogP contribution in [0.3, 0.4) is 0 Å². The average molecular weight is 368 g/mol. The van der Waals surface area contributed by atoms with Crippen LogP contribution in [0.15, 0.2) is 36.5 Å². The Labute approximate surface area is 158 Å². The fraction of sp³-hybridized carbons (Fsp3) is 0.400. The first-order valence-corrected chi connectivity index (χ1v) is 9.34. The summed E-state index contributed by atoms with van der Waals surface area (Å²) in [5, 5.41) is 7.07. The molecule has 0 bridgehead atoms. The second kappa shape index (κ2) is 8.62. The molecule has 142 valence electrons. The summed E-state index contributed by atoms with van der Waals surface area (Å²) in [6, 6.07) is 8.79. The maximum atomic E-state index is 12.3. The number of amides is 3. The molecule has 1 aromatic carbocycles. The molecule has 27 heavy (non-hydrogen) atoms. The Balaban J connectivity index is 1.35. The van der Waals surface area contributed by atoms with Crippen LogP contribution in [0.2, 0.25) is 0 Å². The number of carbonyl (C=O) groups is 3. The smallest absolute Gasteiger partial charge is 0.261 e. The van der Waals surface area contributed by atoms with Crippen molar-refractivity contribution < 1.29 is 14.4 Å². The quantitative estimate of drug-likeness (QED) is 0.544. The van der Waals surface area contributed by atoms with Crippen LogP contribution in [0.4, 0.5) is 0 Å². The predicted molar refractivity (Wildman–Crippen MR) is 100 cm³/mol. The molecule has 0 atom stereocenters. The van der Waals surface area contributed by atoms with E-state index in [0.717, 1.165) is 25.1 Å². The first-order valence-electron chi connectivity index (χ1n) is 9.34. The summed E-state index contributed by atoms with van der Waals surface area (Å²) in [6.45, 7) is 3.65. The highest BCUT2D eigenvalue weighted by Crippen LogP contribution is 2.22. The third-order valence-electron chi connectivity index (χ3n) is 4.73. The van der Waals surface area contributed by atoms with Crippen LogP contribution in [-0.2, 0) is 17.9 Å². The number of hydrogen-bond acceptors (Lipinski definition) is 4. The van der Waals surface area contributed by atoms with Gasteiger partial charge < -0.3 is 5.32 Å². The molecule has 2 heterocycles. The fourth-order valence-electron chi connectivity index (χ4n) is 3.25. The first-order chi connectivity index (χ1) is 13.1. The van der Waals surface area contributed by atoms with Gasteiger partial charge in [0, 0.05) is 25.7 Å². The number of aromatic nitrogens is 2. The number of nitrogens with zero attached hydrogens (tertiary/aromatic N) is 3. The van der Waals surface area contributed by atoms with Gasteiger partial charge in [-0.15, -0.1) is 0 Å². The van der Waals surface area contributed by atoms with Crippen LogP contribution >= 0.6 is 0 Å². The van der Waals surface area contributed by atoms with Crippen LogP contribution in [0, 0.1) is 0 Å². The molecule has 3 amide bonds. The van der Waals surface area contributed by atoms with Crippen LogP contribution < -0.4 is 5.32 Å². The Morgan fingerprint density at radius 3 is 2.41 bits per heavy atom. The number of fused-ring (bicyclic) bond motifs is 1. The van der Waals surface area contributed by atoms with Gasteiger partial charge in [0.15, 0.2) is 0 Å².